The van der Waals surface area contributed by atoms with E-state index in [1.165, 1.54) is 0 Å². The van der Waals surface area contributed by atoms with Crippen LogP contribution >= 0.6 is 34.0 Å². The van der Waals surface area contributed by atoms with E-state index in [2.05, 4.69) is 65.9 Å². The Morgan fingerprint density at radius 3 is 1.20 bits per heavy atom. The summed E-state index contributed by atoms with van der Waals surface area (Å²) >= 11 is 4.79. The number of aromatic nitrogens is 10. The quantitative estimate of drug-likeness (QED) is 0.116. The van der Waals surface area contributed by atoms with E-state index in [1.807, 2.05) is 66.7 Å². The van der Waals surface area contributed by atoms with Crippen molar-refractivity contribution in [1.82, 2.24) is 63.5 Å². The first kappa shape index (κ1) is 60.8. The molecule has 33 heteroatoms. The number of carbonyl (C=O) groups is 3. The molecule has 0 aromatic carbocycles. The molecule has 0 radical (unpaired) electrons. The number of nitrogens with zero attached hydrogens (tertiary/aromatic N) is 13. The van der Waals surface area contributed by atoms with Gasteiger partial charge in [-0.25, -0.2) is 52.6 Å². The minimum atomic E-state index is -2.89. The van der Waals surface area contributed by atoms with Crippen LogP contribution in [0.5, 0.6) is 0 Å². The molecule has 25 nitrogen and oxygen atoms in total. The van der Waals surface area contributed by atoms with E-state index >= 15 is 0 Å². The van der Waals surface area contributed by atoms with Crippen molar-refractivity contribution in [2.75, 3.05) is 89.7 Å². The molecule has 0 spiro atoms. The Morgan fingerprint density at radius 2 is 0.831 bits per heavy atom. The number of alkyl halides is 2. The third-order valence-corrected chi connectivity index (χ3v) is 23.9. The van der Waals surface area contributed by atoms with Crippen molar-refractivity contribution in [3.05, 3.63) is 99.8 Å². The maximum atomic E-state index is 13.1. The average molecular weight is 1330 g/mol. The summed E-state index contributed by atoms with van der Waals surface area (Å²) in [6.45, 7) is 5.35. The van der Waals surface area contributed by atoms with E-state index in [0.29, 0.717) is 81.8 Å². The highest BCUT2D eigenvalue weighted by Crippen LogP contribution is 2.37. The van der Waals surface area contributed by atoms with Crippen molar-refractivity contribution in [2.24, 2.45) is 17.8 Å². The second-order valence-electron chi connectivity index (χ2n) is 22.7. The zero-order valence-corrected chi connectivity index (χ0v) is 52.5. The van der Waals surface area contributed by atoms with Crippen LogP contribution in [-0.2, 0) is 63.5 Å². The first-order valence-corrected chi connectivity index (χ1v) is 36.8. The number of rotatable bonds is 15. The van der Waals surface area contributed by atoms with Gasteiger partial charge >= 0.3 is 0 Å². The van der Waals surface area contributed by atoms with Crippen LogP contribution in [0, 0.1) is 17.8 Å². The zero-order valence-electron chi connectivity index (χ0n) is 47.6. The van der Waals surface area contributed by atoms with Crippen LogP contribution in [0.4, 0.5) is 26.6 Å². The second-order valence-corrected chi connectivity index (χ2v) is 33.1. The molecule has 6 aliphatic rings. The predicted octanol–water partition coefficient (Wildman–Crippen LogP) is 5.40. The molecule has 0 bridgehead atoms. The Morgan fingerprint density at radius 1 is 0.472 bits per heavy atom. The predicted molar refractivity (Wildman–Crippen MR) is 333 cm³/mol. The summed E-state index contributed by atoms with van der Waals surface area (Å²) < 4.78 is 101. The van der Waals surface area contributed by atoms with Crippen molar-refractivity contribution in [2.45, 2.75) is 57.7 Å². The summed E-state index contributed by atoms with van der Waals surface area (Å²) in [5.41, 5.74) is 4.37. The van der Waals surface area contributed by atoms with Crippen molar-refractivity contribution in [3.63, 3.8) is 0 Å². The molecular weight excluding hydrogens is 1270 g/mol. The highest BCUT2D eigenvalue weighted by molar-refractivity contribution is 7.92. The fourth-order valence-electron chi connectivity index (χ4n) is 10.3. The van der Waals surface area contributed by atoms with E-state index < -0.39 is 53.7 Å². The Kier molecular flexibility index (Phi) is 17.0. The SMILES string of the molecule is O=C(Nc1nc2cccc(-c3ccc(CN4CCS(=O)(=O)CC4)s3)n2n1)[C@H]1C[C@@H]1F.O=C(Nc1nc2cccc(-c3ccc(CN4CCS(=O)(=O)CC4)s3)n2n1)[C@H]1C[C@H]1F.O=C(Nc1nc2cccc(-c3cnc(CN4CCS(=O)(=O)CC4)s3)n2n1)C1CC1. The molecule has 3 amide bonds. The van der Waals surface area contributed by atoms with Gasteiger partial charge < -0.3 is 0 Å². The summed E-state index contributed by atoms with van der Waals surface area (Å²) in [7, 11) is -8.66. The summed E-state index contributed by atoms with van der Waals surface area (Å²) in [5, 5.41) is 22.1. The molecular formula is C56H60F2N16O9S6. The van der Waals surface area contributed by atoms with E-state index in [1.54, 1.807) is 65.9 Å². The van der Waals surface area contributed by atoms with E-state index in [-0.39, 0.29) is 82.9 Å². The van der Waals surface area contributed by atoms with Crippen molar-refractivity contribution in [3.8, 4) is 31.7 Å². The van der Waals surface area contributed by atoms with Gasteiger partial charge in [0.1, 0.15) is 17.4 Å². The lowest BCUT2D eigenvalue weighted by Crippen LogP contribution is -2.39. The van der Waals surface area contributed by atoms with Crippen LogP contribution in [0.3, 0.4) is 0 Å². The number of nitrogens with one attached hydrogen (secondary N) is 3. The van der Waals surface area contributed by atoms with Gasteiger partial charge in [0, 0.05) is 74.2 Å². The van der Waals surface area contributed by atoms with Crippen LogP contribution in [0.25, 0.3) is 48.7 Å². The lowest BCUT2D eigenvalue weighted by atomic mass is 10.3. The van der Waals surface area contributed by atoms with Gasteiger partial charge in [-0.2, -0.15) is 15.0 Å². The van der Waals surface area contributed by atoms with Gasteiger partial charge in [-0.1, -0.05) is 18.2 Å². The highest BCUT2D eigenvalue weighted by Gasteiger charge is 2.45. The Bertz CT molecular complexity index is 4290. The number of anilines is 3. The van der Waals surface area contributed by atoms with Crippen molar-refractivity contribution in [1.29, 1.82) is 0 Å². The summed E-state index contributed by atoms with van der Waals surface area (Å²) in [5.74, 6) is 0.00156. The van der Waals surface area contributed by atoms with Crippen molar-refractivity contribution >= 4 is 116 Å². The Balaban J connectivity index is 0.000000123. The number of amides is 3. The van der Waals surface area contributed by atoms with Gasteiger partial charge in [0.2, 0.25) is 35.6 Å². The van der Waals surface area contributed by atoms with Gasteiger partial charge in [0.05, 0.1) is 84.6 Å². The number of halogens is 2. The van der Waals surface area contributed by atoms with Gasteiger partial charge in [0.25, 0.3) is 0 Å². The number of fused-ring (bicyclic) bond motifs is 3. The molecule has 3 aliphatic carbocycles. The molecule has 6 fully saturated rings. The summed E-state index contributed by atoms with van der Waals surface area (Å²) in [4.78, 5) is 65.1. The lowest BCUT2D eigenvalue weighted by Gasteiger charge is -2.25. The molecule has 9 aromatic rings. The molecule has 15 rings (SSSR count). The molecule has 12 heterocycles. The molecule has 9 aromatic heterocycles. The maximum Gasteiger partial charge on any atom is 0.249 e. The van der Waals surface area contributed by atoms with E-state index in [4.69, 9.17) is 0 Å². The smallest absolute Gasteiger partial charge is 0.249 e. The van der Waals surface area contributed by atoms with Gasteiger partial charge in [0.15, 0.2) is 46.5 Å². The number of pyridine rings is 3. The molecule has 3 aliphatic heterocycles. The molecule has 3 N–H and O–H groups in total. The normalized spacial score (nSPS) is 22.2. The summed E-state index contributed by atoms with van der Waals surface area (Å²) in [6, 6.07) is 25.0. The number of thiophene rings is 2. The van der Waals surface area contributed by atoms with Crippen LogP contribution < -0.4 is 16.0 Å². The molecule has 3 saturated carbocycles. The molecule has 3 saturated heterocycles. The number of carbonyl (C=O) groups excluding carboxylic acids is 3. The van der Waals surface area contributed by atoms with Crippen LogP contribution in [-0.4, -0.2) is 193 Å². The Hall–Kier alpha value is -7.11. The topological polar surface area (TPSA) is 303 Å². The molecule has 4 atom stereocenters. The van der Waals surface area contributed by atoms with Crippen LogP contribution in [0.1, 0.15) is 40.4 Å². The van der Waals surface area contributed by atoms with Crippen molar-refractivity contribution < 1.29 is 48.4 Å². The number of hydrogen-bond donors (Lipinski definition) is 3. The largest absolute Gasteiger partial charge is 0.296 e. The van der Waals surface area contributed by atoms with Crippen LogP contribution in [0.2, 0.25) is 0 Å². The van der Waals surface area contributed by atoms with E-state index in [9.17, 15) is 48.4 Å². The highest BCUT2D eigenvalue weighted by atomic mass is 32.2. The monoisotopic (exact) mass is 1330 g/mol. The first-order valence-electron chi connectivity index (χ1n) is 28.9. The molecule has 89 heavy (non-hydrogen) atoms. The fourth-order valence-corrected chi connectivity index (χ4v) is 17.3. The van der Waals surface area contributed by atoms with Gasteiger partial charge in [-0.3, -0.25) is 45.0 Å². The second kappa shape index (κ2) is 24.9. The molecule has 0 unspecified atom stereocenters. The summed E-state index contributed by atoms with van der Waals surface area (Å²) in [6.07, 6.45) is 2.04. The first-order chi connectivity index (χ1) is 42.7. The number of sulfone groups is 3. The number of thiazole rings is 1. The zero-order chi connectivity index (χ0) is 61.8. The third kappa shape index (κ3) is 14.7. The number of hydrogen-bond acceptors (Lipinski definition) is 22. The van der Waals surface area contributed by atoms with Gasteiger partial charge in [-0.05, 0) is 86.3 Å². The minimum Gasteiger partial charge on any atom is -0.296 e. The van der Waals surface area contributed by atoms with Crippen LogP contribution in [0.15, 0.2) is 85.1 Å². The average Bonchev–Trinajstić information content (AvgIpc) is 2.02. The van der Waals surface area contributed by atoms with Gasteiger partial charge in [-0.15, -0.1) is 49.3 Å². The fraction of sp³-hybridized carbons (Fsp3) is 0.429. The molecule has 468 valence electrons. The minimum absolute atomic E-state index is 0.0221. The maximum absolute atomic E-state index is 13.1. The lowest BCUT2D eigenvalue weighted by molar-refractivity contribution is -0.118. The third-order valence-electron chi connectivity index (χ3n) is 15.9. The Labute approximate surface area is 521 Å². The van der Waals surface area contributed by atoms with E-state index in [0.717, 1.165) is 59.3 Å². The standard InChI is InChI=1S/2C19H20FN5O3S2.C18H20N6O3S2/c2*20-14-10-13(14)18(26)22-19-21-17-3-1-2-15(25(17)23-19)16-5-4-12(29-16)11-24-6-8-30(27,28)9-7-24;25-17(12-4-5-12)21-18-20-15-3-1-2-13(24(15)22-18)14-10-19-16(28-14)11-23-6-8-29(26,27)9-7-23/h2*1-5,13-14H,6-11H2,(H,22,23,26);1-3,10,12H,4-9,11H2,(H,21,22,25)/t13-,14+;13-,14-;/m00./s1.